The first-order valence-corrected chi connectivity index (χ1v) is 9.02. The Morgan fingerprint density at radius 3 is 2.58 bits per heavy atom. The highest BCUT2D eigenvalue weighted by molar-refractivity contribution is 6.33. The smallest absolute Gasteiger partial charge is 0.255 e. The number of ether oxygens (including phenoxy) is 1. The Morgan fingerprint density at radius 2 is 1.96 bits per heavy atom. The minimum absolute atomic E-state index is 0. The number of halogens is 3. The third-order valence-corrected chi connectivity index (χ3v) is 5.06. The van der Waals surface area contributed by atoms with Gasteiger partial charge in [-0.05, 0) is 38.9 Å². The molecule has 0 bridgehead atoms. The van der Waals surface area contributed by atoms with Gasteiger partial charge in [0.15, 0.2) is 0 Å². The zero-order valence-electron chi connectivity index (χ0n) is 15.4. The Bertz CT molecular complexity index is 567. The fourth-order valence-electron chi connectivity index (χ4n) is 3.25. The van der Waals surface area contributed by atoms with Crippen molar-refractivity contribution in [2.45, 2.75) is 44.6 Å². The van der Waals surface area contributed by atoms with E-state index in [9.17, 15) is 4.79 Å². The van der Waals surface area contributed by atoms with E-state index in [0.29, 0.717) is 34.6 Å². The van der Waals surface area contributed by atoms with Crippen molar-refractivity contribution < 1.29 is 9.53 Å². The summed E-state index contributed by atoms with van der Waals surface area (Å²) in [4.78, 5) is 14.8. The van der Waals surface area contributed by atoms with Crippen LogP contribution in [0.4, 0.5) is 5.69 Å². The summed E-state index contributed by atoms with van der Waals surface area (Å²) >= 11 is 6.01. The van der Waals surface area contributed by atoms with Crippen LogP contribution in [0.3, 0.4) is 0 Å². The summed E-state index contributed by atoms with van der Waals surface area (Å²) in [5.41, 5.74) is 6.56. The number of nitrogens with two attached hydrogens (primary N) is 1. The number of hydrogen-bond donors (Lipinski definition) is 2. The van der Waals surface area contributed by atoms with Gasteiger partial charge in [-0.2, -0.15) is 0 Å². The molecule has 1 aliphatic carbocycles. The molecule has 1 amide bonds. The number of nitrogen functional groups attached to an aromatic ring is 1. The maximum absolute atomic E-state index is 12.3. The molecule has 0 aliphatic heterocycles. The second-order valence-corrected chi connectivity index (χ2v) is 6.86. The third-order valence-electron chi connectivity index (χ3n) is 4.73. The topological polar surface area (TPSA) is 67.6 Å². The molecule has 150 valence electrons. The van der Waals surface area contributed by atoms with E-state index in [4.69, 9.17) is 22.1 Å². The fourth-order valence-corrected chi connectivity index (χ4v) is 3.41. The molecule has 0 heterocycles. The van der Waals surface area contributed by atoms with Crippen LogP contribution < -0.4 is 15.8 Å². The number of carbonyl (C=O) groups excluding carboxylic acids is 1. The standard InChI is InChI=1S/C18H28ClN3O2.2ClH/c1-22(13-7-4-3-5-8-13)10-6-9-21-18(23)14-11-15(19)16(20)12-17(14)24-2;;/h11-13H,3-10,20H2,1-2H3,(H,21,23);2*1H. The molecule has 5 nitrogen and oxygen atoms in total. The Labute approximate surface area is 173 Å². The minimum Gasteiger partial charge on any atom is -0.496 e. The molecule has 8 heteroatoms. The summed E-state index contributed by atoms with van der Waals surface area (Å²) in [5, 5.41) is 3.29. The average molecular weight is 427 g/mol. The molecular formula is C18H30Cl3N3O2. The van der Waals surface area contributed by atoms with Crippen LogP contribution in [-0.4, -0.2) is 44.1 Å². The van der Waals surface area contributed by atoms with E-state index >= 15 is 0 Å². The number of anilines is 1. The molecular weight excluding hydrogens is 397 g/mol. The van der Waals surface area contributed by atoms with Gasteiger partial charge in [-0.15, -0.1) is 24.8 Å². The highest BCUT2D eigenvalue weighted by Crippen LogP contribution is 2.28. The fraction of sp³-hybridized carbons (Fsp3) is 0.611. The molecule has 0 saturated heterocycles. The van der Waals surface area contributed by atoms with Gasteiger partial charge in [0.2, 0.25) is 0 Å². The zero-order chi connectivity index (χ0) is 17.5. The molecule has 0 spiro atoms. The van der Waals surface area contributed by atoms with Crippen LogP contribution in [0.1, 0.15) is 48.9 Å². The van der Waals surface area contributed by atoms with E-state index < -0.39 is 0 Å². The van der Waals surface area contributed by atoms with Gasteiger partial charge in [0, 0.05) is 18.7 Å². The van der Waals surface area contributed by atoms with E-state index in [0.717, 1.165) is 13.0 Å². The minimum atomic E-state index is -0.186. The number of amides is 1. The summed E-state index contributed by atoms with van der Waals surface area (Å²) in [6.07, 6.45) is 7.55. The predicted molar refractivity (Wildman–Crippen MR) is 113 cm³/mol. The van der Waals surface area contributed by atoms with Crippen molar-refractivity contribution >= 4 is 48.0 Å². The predicted octanol–water partition coefficient (Wildman–Crippen LogP) is 4.16. The van der Waals surface area contributed by atoms with Gasteiger partial charge < -0.3 is 20.7 Å². The molecule has 1 aromatic carbocycles. The van der Waals surface area contributed by atoms with Gasteiger partial charge in [0.25, 0.3) is 5.91 Å². The lowest BCUT2D eigenvalue weighted by Crippen LogP contribution is -2.35. The van der Waals surface area contributed by atoms with Crippen molar-refractivity contribution in [3.63, 3.8) is 0 Å². The van der Waals surface area contributed by atoms with Crippen molar-refractivity contribution in [1.29, 1.82) is 0 Å². The van der Waals surface area contributed by atoms with Gasteiger partial charge in [-0.25, -0.2) is 0 Å². The van der Waals surface area contributed by atoms with Crippen LogP contribution in [0.5, 0.6) is 5.75 Å². The van der Waals surface area contributed by atoms with Gasteiger partial charge in [-0.3, -0.25) is 4.79 Å². The van der Waals surface area contributed by atoms with Gasteiger partial charge in [-0.1, -0.05) is 30.9 Å². The first-order chi connectivity index (χ1) is 11.5. The lowest BCUT2D eigenvalue weighted by molar-refractivity contribution is 0.0947. The number of hydrogen-bond acceptors (Lipinski definition) is 4. The van der Waals surface area contributed by atoms with E-state index in [1.807, 2.05) is 0 Å². The summed E-state index contributed by atoms with van der Waals surface area (Å²) in [7, 11) is 3.69. The van der Waals surface area contributed by atoms with E-state index in [2.05, 4.69) is 17.3 Å². The number of nitrogens with one attached hydrogen (secondary N) is 1. The van der Waals surface area contributed by atoms with Crippen molar-refractivity contribution in [3.05, 3.63) is 22.7 Å². The van der Waals surface area contributed by atoms with Crippen LogP contribution in [-0.2, 0) is 0 Å². The maximum atomic E-state index is 12.3. The molecule has 2 rings (SSSR count). The lowest BCUT2D eigenvalue weighted by atomic mass is 9.94. The number of carbonyl (C=O) groups is 1. The first kappa shape index (κ1) is 25.1. The molecule has 1 aromatic rings. The van der Waals surface area contributed by atoms with Crippen LogP contribution in [0.2, 0.25) is 5.02 Å². The Hall–Kier alpha value is -0.880. The molecule has 0 aromatic heterocycles. The molecule has 0 unspecified atom stereocenters. The number of benzene rings is 1. The molecule has 26 heavy (non-hydrogen) atoms. The summed E-state index contributed by atoms with van der Waals surface area (Å²) in [5.74, 6) is 0.253. The van der Waals surface area contributed by atoms with Gasteiger partial charge in [0.1, 0.15) is 5.75 Å². The number of rotatable bonds is 7. The quantitative estimate of drug-likeness (QED) is 0.507. The van der Waals surface area contributed by atoms with Crippen LogP contribution in [0, 0.1) is 0 Å². The van der Waals surface area contributed by atoms with E-state index in [1.165, 1.54) is 39.2 Å². The largest absolute Gasteiger partial charge is 0.496 e. The molecule has 1 aliphatic rings. The highest BCUT2D eigenvalue weighted by Gasteiger charge is 2.18. The molecule has 0 radical (unpaired) electrons. The van der Waals surface area contributed by atoms with Crippen molar-refractivity contribution in [1.82, 2.24) is 10.2 Å². The maximum Gasteiger partial charge on any atom is 0.255 e. The second-order valence-electron chi connectivity index (χ2n) is 6.46. The van der Waals surface area contributed by atoms with Crippen LogP contribution in [0.25, 0.3) is 0 Å². The van der Waals surface area contributed by atoms with Crippen LogP contribution >= 0.6 is 36.4 Å². The van der Waals surface area contributed by atoms with Crippen molar-refractivity contribution in [3.8, 4) is 5.75 Å². The number of nitrogens with zero attached hydrogens (tertiary/aromatic N) is 1. The SMILES string of the molecule is COc1cc(N)c(Cl)cc1C(=O)NCCCN(C)C1CCCCC1.Cl.Cl. The first-order valence-electron chi connectivity index (χ1n) is 8.64. The summed E-state index contributed by atoms with van der Waals surface area (Å²) in [6, 6.07) is 3.83. The molecule has 1 saturated carbocycles. The Balaban J connectivity index is 0.00000312. The summed E-state index contributed by atoms with van der Waals surface area (Å²) < 4.78 is 5.22. The van der Waals surface area contributed by atoms with Crippen LogP contribution in [0.15, 0.2) is 12.1 Å². The van der Waals surface area contributed by atoms with E-state index in [-0.39, 0.29) is 30.7 Å². The normalized spacial score (nSPS) is 14.3. The van der Waals surface area contributed by atoms with Crippen molar-refractivity contribution in [2.24, 2.45) is 0 Å². The van der Waals surface area contributed by atoms with Gasteiger partial charge >= 0.3 is 0 Å². The molecule has 0 atom stereocenters. The molecule has 3 N–H and O–H groups in total. The Morgan fingerprint density at radius 1 is 1.31 bits per heavy atom. The monoisotopic (exact) mass is 425 g/mol. The Kier molecular flexibility index (Phi) is 12.1. The second kappa shape index (κ2) is 12.5. The zero-order valence-corrected chi connectivity index (χ0v) is 17.8. The third kappa shape index (κ3) is 7.03. The van der Waals surface area contributed by atoms with Gasteiger partial charge in [0.05, 0.1) is 23.4 Å². The lowest BCUT2D eigenvalue weighted by Gasteiger charge is -2.31. The number of methoxy groups -OCH3 is 1. The highest BCUT2D eigenvalue weighted by atomic mass is 35.5. The average Bonchev–Trinajstić information content (AvgIpc) is 2.61. The molecule has 1 fully saturated rings. The van der Waals surface area contributed by atoms with Crippen molar-refractivity contribution in [2.75, 3.05) is 33.0 Å². The summed E-state index contributed by atoms with van der Waals surface area (Å²) in [6.45, 7) is 1.62. The van der Waals surface area contributed by atoms with E-state index in [1.54, 1.807) is 12.1 Å².